The van der Waals surface area contributed by atoms with Gasteiger partial charge in [0.05, 0.1) is 13.0 Å². The zero-order chi connectivity index (χ0) is 15.6. The number of hydrogen-bond acceptors (Lipinski definition) is 6. The minimum Gasteiger partial charge on any atom is -0.466 e. The quantitative estimate of drug-likeness (QED) is 0.419. The molecule has 4 rings (SSSR count). The zero-order valence-corrected chi connectivity index (χ0v) is 12.1. The molecule has 0 heterocycles. The predicted octanol–water partition coefficient (Wildman–Crippen LogP) is 0.155. The summed E-state index contributed by atoms with van der Waals surface area (Å²) >= 11 is 0. The lowest BCUT2D eigenvalue weighted by molar-refractivity contribution is -0.162. The molecule has 7 atom stereocenters. The maximum absolute atomic E-state index is 12.5. The molecule has 6 heteroatoms. The molecule has 0 aromatic heterocycles. The molecule has 0 amide bonds. The van der Waals surface area contributed by atoms with E-state index in [0.717, 1.165) is 0 Å². The maximum atomic E-state index is 12.5. The minimum atomic E-state index is -0.626. The van der Waals surface area contributed by atoms with E-state index in [1.807, 2.05) is 12.2 Å². The van der Waals surface area contributed by atoms with Crippen LogP contribution in [0.4, 0.5) is 0 Å². The van der Waals surface area contributed by atoms with Gasteiger partial charge in [-0.25, -0.2) is 4.79 Å². The van der Waals surface area contributed by atoms with Gasteiger partial charge in [0, 0.05) is 23.7 Å². The average Bonchev–Trinajstić information content (AvgIpc) is 3.21. The monoisotopic (exact) mass is 304 g/mol. The van der Waals surface area contributed by atoms with Crippen molar-refractivity contribution in [2.75, 3.05) is 13.7 Å². The second-order valence-corrected chi connectivity index (χ2v) is 6.55. The first-order valence-electron chi connectivity index (χ1n) is 7.54. The lowest BCUT2D eigenvalue weighted by atomic mass is 9.69. The molecular weight excluding hydrogens is 288 g/mol. The van der Waals surface area contributed by atoms with Gasteiger partial charge in [-0.05, 0) is 18.3 Å². The van der Waals surface area contributed by atoms with Gasteiger partial charge >= 0.3 is 11.9 Å². The molecule has 0 aliphatic heterocycles. The van der Waals surface area contributed by atoms with Gasteiger partial charge < -0.3 is 9.47 Å². The van der Waals surface area contributed by atoms with E-state index >= 15 is 0 Å². The van der Waals surface area contributed by atoms with Gasteiger partial charge in [0.25, 0.3) is 0 Å². The molecular formula is C16H16O6. The van der Waals surface area contributed by atoms with Gasteiger partial charge in [-0.15, -0.1) is 0 Å². The fourth-order valence-corrected chi connectivity index (χ4v) is 5.07. The molecule has 0 spiro atoms. The van der Waals surface area contributed by atoms with Gasteiger partial charge in [0.1, 0.15) is 11.6 Å². The molecule has 4 aliphatic rings. The second kappa shape index (κ2) is 4.51. The van der Waals surface area contributed by atoms with Gasteiger partial charge in [-0.1, -0.05) is 12.2 Å². The molecule has 4 aliphatic carbocycles. The fourth-order valence-electron chi connectivity index (χ4n) is 5.07. The molecule has 22 heavy (non-hydrogen) atoms. The fraction of sp³-hybridized carbons (Fsp3) is 0.625. The van der Waals surface area contributed by atoms with Gasteiger partial charge in [-0.2, -0.15) is 0 Å². The molecule has 4 bridgehead atoms. The number of carbonyl (C=O) groups is 4. The minimum absolute atomic E-state index is 0.0515. The summed E-state index contributed by atoms with van der Waals surface area (Å²) < 4.78 is 9.40. The van der Waals surface area contributed by atoms with E-state index in [0.29, 0.717) is 6.42 Å². The van der Waals surface area contributed by atoms with Crippen LogP contribution < -0.4 is 0 Å². The van der Waals surface area contributed by atoms with Crippen molar-refractivity contribution in [3.63, 3.8) is 0 Å². The zero-order valence-electron chi connectivity index (χ0n) is 12.1. The number of rotatable bonds is 3. The molecule has 6 nitrogen and oxygen atoms in total. The van der Waals surface area contributed by atoms with Crippen molar-refractivity contribution in [3.05, 3.63) is 12.2 Å². The van der Waals surface area contributed by atoms with Gasteiger partial charge in [-0.3, -0.25) is 14.4 Å². The molecule has 3 fully saturated rings. The van der Waals surface area contributed by atoms with Crippen molar-refractivity contribution in [2.24, 2.45) is 41.4 Å². The first-order valence-corrected chi connectivity index (χ1v) is 7.54. The highest BCUT2D eigenvalue weighted by atomic mass is 16.6. The van der Waals surface area contributed by atoms with Crippen molar-refractivity contribution in [1.82, 2.24) is 0 Å². The van der Waals surface area contributed by atoms with E-state index in [9.17, 15) is 19.2 Å². The Balaban J connectivity index is 1.53. The van der Waals surface area contributed by atoms with Crippen molar-refractivity contribution in [2.45, 2.75) is 6.42 Å². The highest BCUT2D eigenvalue weighted by Gasteiger charge is 2.69. The van der Waals surface area contributed by atoms with Crippen LogP contribution in [0.15, 0.2) is 12.2 Å². The Labute approximate surface area is 126 Å². The van der Waals surface area contributed by atoms with E-state index in [2.05, 4.69) is 4.74 Å². The van der Waals surface area contributed by atoms with E-state index in [4.69, 9.17) is 4.74 Å². The molecule has 0 aromatic carbocycles. The summed E-state index contributed by atoms with van der Waals surface area (Å²) in [6.45, 7) is -0.434. The average molecular weight is 304 g/mol. The van der Waals surface area contributed by atoms with E-state index in [1.54, 1.807) is 0 Å². The maximum Gasteiger partial charge on any atom is 0.344 e. The third-order valence-electron chi connectivity index (χ3n) is 5.83. The summed E-state index contributed by atoms with van der Waals surface area (Å²) in [5.74, 6) is -2.35. The van der Waals surface area contributed by atoms with E-state index in [-0.39, 0.29) is 41.2 Å². The van der Waals surface area contributed by atoms with Crippen LogP contribution in [0, 0.1) is 41.4 Å². The van der Waals surface area contributed by atoms with Crippen molar-refractivity contribution < 1.29 is 28.7 Å². The van der Waals surface area contributed by atoms with Crippen LogP contribution in [0.25, 0.3) is 0 Å². The number of methoxy groups -OCH3 is 1. The van der Waals surface area contributed by atoms with Crippen LogP contribution in [-0.2, 0) is 28.7 Å². The largest absolute Gasteiger partial charge is 0.466 e. The molecule has 0 radical (unpaired) electrons. The van der Waals surface area contributed by atoms with Crippen LogP contribution in [0.5, 0.6) is 0 Å². The molecule has 0 aromatic rings. The second-order valence-electron chi connectivity index (χ2n) is 6.55. The lowest BCUT2D eigenvalue weighted by Gasteiger charge is -2.32. The Morgan fingerprint density at radius 1 is 1.14 bits per heavy atom. The van der Waals surface area contributed by atoms with Crippen LogP contribution in [0.3, 0.4) is 0 Å². The first kappa shape index (κ1) is 13.7. The molecule has 116 valence electrons. The van der Waals surface area contributed by atoms with Crippen molar-refractivity contribution in [1.29, 1.82) is 0 Å². The standard InChI is InChI=1S/C16H16O6/c1-21-10(17)5-22-16(20)9-4-8-11-6-2-3-7(14(6)18)12(11)13(9)15(8)19/h2-3,6-9,11-13H,4-5H2,1H3. The highest BCUT2D eigenvalue weighted by molar-refractivity contribution is 6.01. The Morgan fingerprint density at radius 3 is 2.50 bits per heavy atom. The number of ketones is 2. The normalized spacial score (nSPS) is 43.6. The summed E-state index contributed by atoms with van der Waals surface area (Å²) in [5, 5.41) is 0. The Kier molecular flexibility index (Phi) is 2.80. The number of esters is 2. The number of carbonyl (C=O) groups excluding carboxylic acids is 4. The van der Waals surface area contributed by atoms with Crippen LogP contribution in [0.2, 0.25) is 0 Å². The summed E-state index contributed by atoms with van der Waals surface area (Å²) in [7, 11) is 1.22. The predicted molar refractivity (Wildman–Crippen MR) is 71.2 cm³/mol. The number of Topliss-reactive ketones (excluding diaryl/α,β-unsaturated/α-hetero) is 2. The molecule has 7 unspecified atom stereocenters. The van der Waals surface area contributed by atoms with E-state index in [1.165, 1.54) is 7.11 Å². The Morgan fingerprint density at radius 2 is 1.82 bits per heavy atom. The highest BCUT2D eigenvalue weighted by Crippen LogP contribution is 2.64. The number of hydrogen-bond donors (Lipinski definition) is 0. The van der Waals surface area contributed by atoms with Crippen LogP contribution in [0.1, 0.15) is 6.42 Å². The van der Waals surface area contributed by atoms with Gasteiger partial charge in [0.15, 0.2) is 6.61 Å². The van der Waals surface area contributed by atoms with Crippen molar-refractivity contribution >= 4 is 23.5 Å². The summed E-state index contributed by atoms with van der Waals surface area (Å²) in [4.78, 5) is 47.9. The lowest BCUT2D eigenvalue weighted by Crippen LogP contribution is -2.36. The SMILES string of the molecule is COC(=O)COC(=O)C1CC2C(=O)C1C1C3C=CC(C3=O)C21. The third-order valence-corrected chi connectivity index (χ3v) is 5.83. The molecule has 0 N–H and O–H groups in total. The summed E-state index contributed by atoms with van der Waals surface area (Å²) in [5.41, 5.74) is 0. The Bertz CT molecular complexity index is 620. The number of allylic oxidation sites excluding steroid dienone is 2. The molecule has 0 saturated heterocycles. The van der Waals surface area contributed by atoms with Crippen LogP contribution in [-0.4, -0.2) is 37.2 Å². The Hall–Kier alpha value is -1.98. The number of fused-ring (bicyclic) bond motifs is 9. The summed E-state index contributed by atoms with van der Waals surface area (Å²) in [6, 6.07) is 0. The topological polar surface area (TPSA) is 86.7 Å². The van der Waals surface area contributed by atoms with E-state index < -0.39 is 30.4 Å². The third kappa shape index (κ3) is 1.55. The van der Waals surface area contributed by atoms with Gasteiger partial charge in [0.2, 0.25) is 0 Å². The first-order chi connectivity index (χ1) is 10.5. The van der Waals surface area contributed by atoms with Crippen LogP contribution >= 0.6 is 0 Å². The number of ether oxygens (including phenoxy) is 2. The van der Waals surface area contributed by atoms with Crippen molar-refractivity contribution in [3.8, 4) is 0 Å². The smallest absolute Gasteiger partial charge is 0.344 e. The molecule has 3 saturated carbocycles. The summed E-state index contributed by atoms with van der Waals surface area (Å²) in [6.07, 6.45) is 4.25.